The first-order chi connectivity index (χ1) is 12.9. The Morgan fingerprint density at radius 1 is 0.963 bits per heavy atom. The number of anilines is 1. The largest absolute Gasteiger partial charge is 0.369 e. The number of aryl methyl sites for hydroxylation is 1. The first-order valence-corrected chi connectivity index (χ1v) is 10.9. The number of nitrogens with zero attached hydrogens (tertiary/aromatic N) is 2. The van der Waals surface area contributed by atoms with Gasteiger partial charge >= 0.3 is 0 Å². The van der Waals surface area contributed by atoms with Gasteiger partial charge in [0.05, 0.1) is 4.90 Å². The summed E-state index contributed by atoms with van der Waals surface area (Å²) in [6, 6.07) is 14.7. The van der Waals surface area contributed by atoms with Crippen LogP contribution in [-0.4, -0.2) is 44.7 Å². The summed E-state index contributed by atoms with van der Waals surface area (Å²) in [6.45, 7) is 4.31. The Morgan fingerprint density at radius 3 is 2.22 bits per heavy atom. The minimum atomic E-state index is -3.53. The molecule has 0 spiro atoms. The molecule has 1 aliphatic heterocycles. The van der Waals surface area contributed by atoms with Crippen LogP contribution < -0.4 is 4.90 Å². The Kier molecular flexibility index (Phi) is 4.78. The first kappa shape index (κ1) is 18.2. The van der Waals surface area contributed by atoms with E-state index >= 15 is 0 Å². The number of piperazine rings is 1. The monoisotopic (exact) mass is 384 g/mol. The van der Waals surface area contributed by atoms with E-state index in [1.54, 1.807) is 24.3 Å². The number of benzene rings is 2. The Bertz CT molecular complexity index is 942. The number of Topliss-reactive ketones (excluding diaryl/α,β-unsaturated/α-hetero) is 1. The summed E-state index contributed by atoms with van der Waals surface area (Å²) in [5, 5.41) is 0. The molecule has 2 fully saturated rings. The highest BCUT2D eigenvalue weighted by atomic mass is 32.2. The van der Waals surface area contributed by atoms with Crippen LogP contribution in [0.25, 0.3) is 0 Å². The molecule has 27 heavy (non-hydrogen) atoms. The standard InChI is InChI=1S/C21H24N2O3S/c1-16-3-2-4-19(15-16)22-11-13-23(14-12-22)27(25,26)20-9-7-18(8-10-20)21(24)17-5-6-17/h2-4,7-10,15,17H,5-6,11-14H2,1H3. The highest BCUT2D eigenvalue weighted by molar-refractivity contribution is 7.89. The molecular weight excluding hydrogens is 360 g/mol. The van der Waals surface area contributed by atoms with Crippen molar-refractivity contribution in [2.24, 2.45) is 5.92 Å². The van der Waals surface area contributed by atoms with Gasteiger partial charge in [0.2, 0.25) is 10.0 Å². The number of carbonyl (C=O) groups is 1. The van der Waals surface area contributed by atoms with E-state index in [1.165, 1.54) is 9.87 Å². The molecule has 0 radical (unpaired) electrons. The molecule has 0 amide bonds. The maximum atomic E-state index is 12.9. The Labute approximate surface area is 160 Å². The molecule has 0 atom stereocenters. The second kappa shape index (κ2) is 7.09. The van der Waals surface area contributed by atoms with Crippen molar-refractivity contribution in [3.8, 4) is 0 Å². The number of hydrogen-bond acceptors (Lipinski definition) is 4. The zero-order chi connectivity index (χ0) is 19.0. The lowest BCUT2D eigenvalue weighted by atomic mass is 10.1. The van der Waals surface area contributed by atoms with Gasteiger partial charge in [-0.15, -0.1) is 0 Å². The summed E-state index contributed by atoms with van der Waals surface area (Å²) in [6.07, 6.45) is 1.90. The van der Waals surface area contributed by atoms with E-state index in [0.717, 1.165) is 18.5 Å². The van der Waals surface area contributed by atoms with Crippen molar-refractivity contribution in [1.82, 2.24) is 4.31 Å². The molecule has 0 bridgehead atoms. The molecule has 1 saturated carbocycles. The zero-order valence-electron chi connectivity index (χ0n) is 15.5. The third-order valence-electron chi connectivity index (χ3n) is 5.33. The highest BCUT2D eigenvalue weighted by Crippen LogP contribution is 2.33. The van der Waals surface area contributed by atoms with Crippen LogP contribution in [0.15, 0.2) is 53.4 Å². The van der Waals surface area contributed by atoms with Crippen LogP contribution in [0.1, 0.15) is 28.8 Å². The lowest BCUT2D eigenvalue weighted by Gasteiger charge is -2.35. The van der Waals surface area contributed by atoms with Gasteiger partial charge in [0, 0.05) is 43.3 Å². The number of sulfonamides is 1. The number of ketones is 1. The molecule has 2 aromatic carbocycles. The average Bonchev–Trinajstić information content (AvgIpc) is 3.53. The van der Waals surface area contributed by atoms with Gasteiger partial charge in [-0.2, -0.15) is 4.31 Å². The van der Waals surface area contributed by atoms with Crippen molar-refractivity contribution in [2.75, 3.05) is 31.1 Å². The van der Waals surface area contributed by atoms with Crippen LogP contribution >= 0.6 is 0 Å². The quantitative estimate of drug-likeness (QED) is 0.744. The van der Waals surface area contributed by atoms with Gasteiger partial charge in [-0.3, -0.25) is 4.79 Å². The Morgan fingerprint density at radius 2 is 1.63 bits per heavy atom. The van der Waals surface area contributed by atoms with Crippen molar-refractivity contribution < 1.29 is 13.2 Å². The van der Waals surface area contributed by atoms with E-state index in [4.69, 9.17) is 0 Å². The van der Waals surface area contributed by atoms with Crippen molar-refractivity contribution in [3.05, 3.63) is 59.7 Å². The zero-order valence-corrected chi connectivity index (χ0v) is 16.3. The SMILES string of the molecule is Cc1cccc(N2CCN(S(=O)(=O)c3ccc(C(=O)C4CC4)cc3)CC2)c1. The van der Waals surface area contributed by atoms with Crippen LogP contribution in [0.5, 0.6) is 0 Å². The van der Waals surface area contributed by atoms with Gasteiger partial charge < -0.3 is 4.90 Å². The molecule has 1 heterocycles. The average molecular weight is 385 g/mol. The van der Waals surface area contributed by atoms with Gasteiger partial charge in [0.25, 0.3) is 0 Å². The van der Waals surface area contributed by atoms with Gasteiger partial charge in [0.1, 0.15) is 0 Å². The molecule has 5 nitrogen and oxygen atoms in total. The van der Waals surface area contributed by atoms with E-state index in [9.17, 15) is 13.2 Å². The summed E-state index contributed by atoms with van der Waals surface area (Å²) >= 11 is 0. The minimum absolute atomic E-state index is 0.130. The molecule has 6 heteroatoms. The molecule has 2 aliphatic rings. The first-order valence-electron chi connectivity index (χ1n) is 9.41. The molecule has 4 rings (SSSR count). The number of rotatable bonds is 5. The summed E-state index contributed by atoms with van der Waals surface area (Å²) in [4.78, 5) is 14.6. The van der Waals surface area contributed by atoms with Gasteiger partial charge in [-0.1, -0.05) is 24.3 Å². The fourth-order valence-corrected chi connectivity index (χ4v) is 4.95. The predicted molar refractivity (Wildman–Crippen MR) is 106 cm³/mol. The maximum Gasteiger partial charge on any atom is 0.243 e. The summed E-state index contributed by atoms with van der Waals surface area (Å²) in [7, 11) is -3.53. The van der Waals surface area contributed by atoms with Crippen LogP contribution in [0.2, 0.25) is 0 Å². The van der Waals surface area contributed by atoms with E-state index in [2.05, 4.69) is 30.0 Å². The van der Waals surface area contributed by atoms with Crippen molar-refractivity contribution in [1.29, 1.82) is 0 Å². The summed E-state index contributed by atoms with van der Waals surface area (Å²) < 4.78 is 27.4. The normalized spacial score (nSPS) is 18.5. The van der Waals surface area contributed by atoms with E-state index in [1.807, 2.05) is 6.07 Å². The van der Waals surface area contributed by atoms with E-state index < -0.39 is 10.0 Å². The molecule has 0 aromatic heterocycles. The topological polar surface area (TPSA) is 57.7 Å². The predicted octanol–water partition coefficient (Wildman–Crippen LogP) is 3.10. The molecule has 2 aromatic rings. The minimum Gasteiger partial charge on any atom is -0.369 e. The molecule has 142 valence electrons. The highest BCUT2D eigenvalue weighted by Gasteiger charge is 2.31. The molecule has 1 saturated heterocycles. The van der Waals surface area contributed by atoms with E-state index in [-0.39, 0.29) is 16.6 Å². The van der Waals surface area contributed by atoms with Gasteiger partial charge in [0.15, 0.2) is 5.78 Å². The second-order valence-corrected chi connectivity index (χ2v) is 9.33. The summed E-state index contributed by atoms with van der Waals surface area (Å²) in [5.74, 6) is 0.271. The van der Waals surface area contributed by atoms with Crippen molar-refractivity contribution in [3.63, 3.8) is 0 Å². The van der Waals surface area contributed by atoms with Crippen LogP contribution in [0.4, 0.5) is 5.69 Å². The smallest absolute Gasteiger partial charge is 0.243 e. The second-order valence-electron chi connectivity index (χ2n) is 7.39. The molecule has 1 aliphatic carbocycles. The number of carbonyl (C=O) groups excluding carboxylic acids is 1. The summed E-state index contributed by atoms with van der Waals surface area (Å²) in [5.41, 5.74) is 2.94. The third-order valence-corrected chi connectivity index (χ3v) is 7.24. The molecular formula is C21H24N2O3S. The molecule has 0 N–H and O–H groups in total. The van der Waals surface area contributed by atoms with Gasteiger partial charge in [-0.25, -0.2) is 8.42 Å². The maximum absolute atomic E-state index is 12.9. The number of hydrogen-bond donors (Lipinski definition) is 0. The Hall–Kier alpha value is -2.18. The van der Waals surface area contributed by atoms with Crippen molar-refractivity contribution >= 4 is 21.5 Å². The van der Waals surface area contributed by atoms with Crippen LogP contribution in [-0.2, 0) is 10.0 Å². The van der Waals surface area contributed by atoms with E-state index in [0.29, 0.717) is 31.7 Å². The van der Waals surface area contributed by atoms with Gasteiger partial charge in [-0.05, 0) is 49.6 Å². The fraction of sp³-hybridized carbons (Fsp3) is 0.381. The lowest BCUT2D eigenvalue weighted by molar-refractivity contribution is 0.0967. The van der Waals surface area contributed by atoms with Crippen molar-refractivity contribution in [2.45, 2.75) is 24.7 Å². The molecule has 0 unspecified atom stereocenters. The lowest BCUT2D eigenvalue weighted by Crippen LogP contribution is -2.48. The Balaban J connectivity index is 1.44. The third kappa shape index (κ3) is 3.77. The fourth-order valence-electron chi connectivity index (χ4n) is 3.53. The van der Waals surface area contributed by atoms with Crippen LogP contribution in [0.3, 0.4) is 0 Å². The van der Waals surface area contributed by atoms with Crippen LogP contribution in [0, 0.1) is 12.8 Å².